The molecule has 1 fully saturated rings. The summed E-state index contributed by atoms with van der Waals surface area (Å²) >= 11 is 0. The van der Waals surface area contributed by atoms with Crippen LogP contribution in [0, 0.1) is 18.7 Å². The first-order chi connectivity index (χ1) is 7.99. The number of hydrogen-bond acceptors (Lipinski definition) is 2. The Kier molecular flexibility index (Phi) is 3.38. The molecule has 94 valence electrons. The van der Waals surface area contributed by atoms with Gasteiger partial charge in [-0.2, -0.15) is 0 Å². The first-order valence-electron chi connectivity index (χ1n) is 6.22. The molecule has 1 aliphatic heterocycles. The molecule has 0 radical (unpaired) electrons. The van der Waals surface area contributed by atoms with Crippen molar-refractivity contribution in [2.75, 3.05) is 18.0 Å². The van der Waals surface area contributed by atoms with Crippen molar-refractivity contribution >= 4 is 5.69 Å². The molecule has 1 aromatic carbocycles. The normalized spacial score (nSPS) is 21.9. The molecule has 2 atom stereocenters. The topological polar surface area (TPSA) is 23.5 Å². The van der Waals surface area contributed by atoms with E-state index in [1.165, 1.54) is 6.07 Å². The Balaban J connectivity index is 2.40. The molecule has 0 spiro atoms. The molecule has 1 saturated heterocycles. The molecular formula is C14H20FNO. The summed E-state index contributed by atoms with van der Waals surface area (Å²) in [4.78, 5) is 2.25. The summed E-state index contributed by atoms with van der Waals surface area (Å²) in [5.41, 5.74) is 2.33. The fourth-order valence-corrected chi connectivity index (χ4v) is 2.44. The number of hydrogen-bond donors (Lipinski definition) is 1. The number of benzene rings is 1. The number of aryl methyl sites for hydroxylation is 1. The smallest absolute Gasteiger partial charge is 0.126 e. The molecule has 1 heterocycles. The van der Waals surface area contributed by atoms with Crippen molar-refractivity contribution in [3.05, 3.63) is 29.1 Å². The van der Waals surface area contributed by atoms with E-state index >= 15 is 0 Å². The van der Waals surface area contributed by atoms with Gasteiger partial charge in [-0.05, 0) is 43.9 Å². The van der Waals surface area contributed by atoms with Gasteiger partial charge in [0.05, 0.1) is 6.10 Å². The van der Waals surface area contributed by atoms with Gasteiger partial charge in [-0.15, -0.1) is 0 Å². The van der Waals surface area contributed by atoms with Gasteiger partial charge in [-0.25, -0.2) is 4.39 Å². The lowest BCUT2D eigenvalue weighted by atomic mass is 10.0. The average Bonchev–Trinajstić information content (AvgIpc) is 2.68. The van der Waals surface area contributed by atoms with Crippen LogP contribution in [0.3, 0.4) is 0 Å². The van der Waals surface area contributed by atoms with Crippen LogP contribution in [-0.2, 0) is 0 Å². The van der Waals surface area contributed by atoms with Crippen molar-refractivity contribution in [2.24, 2.45) is 5.92 Å². The molecule has 0 amide bonds. The van der Waals surface area contributed by atoms with E-state index < -0.39 is 6.10 Å². The molecule has 2 unspecified atom stereocenters. The zero-order valence-corrected chi connectivity index (χ0v) is 10.7. The third-order valence-electron chi connectivity index (χ3n) is 3.52. The summed E-state index contributed by atoms with van der Waals surface area (Å²) in [5.74, 6) is 0.430. The predicted octanol–water partition coefficient (Wildman–Crippen LogP) is 3.03. The van der Waals surface area contributed by atoms with Crippen LogP contribution in [0.15, 0.2) is 12.1 Å². The van der Waals surface area contributed by atoms with Crippen LogP contribution < -0.4 is 4.90 Å². The van der Waals surface area contributed by atoms with E-state index in [9.17, 15) is 9.50 Å². The van der Waals surface area contributed by atoms with Gasteiger partial charge in [0.15, 0.2) is 0 Å². The highest BCUT2D eigenvalue weighted by molar-refractivity contribution is 5.57. The Morgan fingerprint density at radius 1 is 1.47 bits per heavy atom. The first-order valence-corrected chi connectivity index (χ1v) is 6.22. The molecule has 1 aromatic rings. The fourth-order valence-electron chi connectivity index (χ4n) is 2.44. The van der Waals surface area contributed by atoms with E-state index in [0.717, 1.165) is 25.2 Å². The van der Waals surface area contributed by atoms with E-state index in [0.29, 0.717) is 17.0 Å². The number of anilines is 1. The summed E-state index contributed by atoms with van der Waals surface area (Å²) < 4.78 is 13.6. The Morgan fingerprint density at radius 2 is 2.18 bits per heavy atom. The number of aliphatic hydroxyl groups is 1. The Hall–Kier alpha value is -1.09. The summed E-state index contributed by atoms with van der Waals surface area (Å²) in [6.07, 6.45) is 0.534. The third kappa shape index (κ3) is 2.44. The summed E-state index contributed by atoms with van der Waals surface area (Å²) in [6, 6.07) is 3.33. The molecule has 1 N–H and O–H groups in total. The van der Waals surface area contributed by atoms with Gasteiger partial charge >= 0.3 is 0 Å². The lowest BCUT2D eigenvalue weighted by Crippen LogP contribution is -2.21. The maximum Gasteiger partial charge on any atom is 0.126 e. The van der Waals surface area contributed by atoms with Crippen LogP contribution >= 0.6 is 0 Å². The second-order valence-electron chi connectivity index (χ2n) is 5.18. The highest BCUT2D eigenvalue weighted by atomic mass is 19.1. The van der Waals surface area contributed by atoms with Crippen molar-refractivity contribution in [1.82, 2.24) is 0 Å². The monoisotopic (exact) mass is 237 g/mol. The van der Waals surface area contributed by atoms with Gasteiger partial charge in [-0.3, -0.25) is 0 Å². The van der Waals surface area contributed by atoms with Crippen LogP contribution in [0.5, 0.6) is 0 Å². The largest absolute Gasteiger partial charge is 0.389 e. The molecule has 0 aliphatic carbocycles. The number of halogens is 1. The summed E-state index contributed by atoms with van der Waals surface area (Å²) in [5, 5.41) is 9.75. The average molecular weight is 237 g/mol. The predicted molar refractivity (Wildman–Crippen MR) is 67.8 cm³/mol. The number of rotatable bonds is 2. The molecule has 17 heavy (non-hydrogen) atoms. The standard InChI is InChI=1S/C14H20FNO/c1-9-4-5-16(8-9)14-6-10(2)13(15)7-12(14)11(3)17/h6-7,9,11,17H,4-5,8H2,1-3H3. The first kappa shape index (κ1) is 12.4. The molecule has 1 aliphatic rings. The lowest BCUT2D eigenvalue weighted by Gasteiger charge is -2.24. The van der Waals surface area contributed by atoms with E-state index in [1.54, 1.807) is 13.8 Å². The second kappa shape index (κ2) is 4.65. The molecule has 0 aromatic heterocycles. The zero-order chi connectivity index (χ0) is 12.6. The van der Waals surface area contributed by atoms with Gasteiger partial charge < -0.3 is 10.0 Å². The second-order valence-corrected chi connectivity index (χ2v) is 5.18. The minimum Gasteiger partial charge on any atom is -0.389 e. The van der Waals surface area contributed by atoms with E-state index in [2.05, 4.69) is 11.8 Å². The maximum absolute atomic E-state index is 13.6. The van der Waals surface area contributed by atoms with Crippen molar-refractivity contribution in [3.8, 4) is 0 Å². The van der Waals surface area contributed by atoms with Crippen molar-refractivity contribution < 1.29 is 9.50 Å². The highest BCUT2D eigenvalue weighted by Gasteiger charge is 2.23. The quantitative estimate of drug-likeness (QED) is 0.854. The van der Waals surface area contributed by atoms with Gasteiger partial charge in [0.2, 0.25) is 0 Å². The Bertz CT molecular complexity index is 417. The number of nitrogens with zero attached hydrogens (tertiary/aromatic N) is 1. The number of aliphatic hydroxyl groups excluding tert-OH is 1. The van der Waals surface area contributed by atoms with Crippen LogP contribution in [0.1, 0.15) is 37.5 Å². The summed E-state index contributed by atoms with van der Waals surface area (Å²) in [6.45, 7) is 7.66. The lowest BCUT2D eigenvalue weighted by molar-refractivity contribution is 0.199. The maximum atomic E-state index is 13.6. The van der Waals surface area contributed by atoms with E-state index in [1.807, 2.05) is 6.07 Å². The van der Waals surface area contributed by atoms with Crippen LogP contribution in [0.2, 0.25) is 0 Å². The molecule has 3 heteroatoms. The van der Waals surface area contributed by atoms with E-state index in [4.69, 9.17) is 0 Å². The SMILES string of the molecule is Cc1cc(N2CCC(C)C2)c(C(C)O)cc1F. The van der Waals surface area contributed by atoms with Crippen LogP contribution in [0.25, 0.3) is 0 Å². The van der Waals surface area contributed by atoms with Crippen molar-refractivity contribution in [3.63, 3.8) is 0 Å². The Morgan fingerprint density at radius 3 is 2.71 bits per heavy atom. The van der Waals surface area contributed by atoms with Gasteiger partial charge in [-0.1, -0.05) is 6.92 Å². The minimum absolute atomic E-state index is 0.239. The molecule has 0 saturated carbocycles. The Labute approximate surface area is 102 Å². The van der Waals surface area contributed by atoms with Crippen LogP contribution in [0.4, 0.5) is 10.1 Å². The van der Waals surface area contributed by atoms with E-state index in [-0.39, 0.29) is 5.82 Å². The third-order valence-corrected chi connectivity index (χ3v) is 3.52. The minimum atomic E-state index is -0.629. The fraction of sp³-hybridized carbons (Fsp3) is 0.571. The highest BCUT2D eigenvalue weighted by Crippen LogP contribution is 2.32. The molecule has 2 rings (SSSR count). The van der Waals surface area contributed by atoms with Crippen LogP contribution in [-0.4, -0.2) is 18.2 Å². The zero-order valence-electron chi connectivity index (χ0n) is 10.7. The molecular weight excluding hydrogens is 217 g/mol. The molecule has 0 bridgehead atoms. The molecule has 2 nitrogen and oxygen atoms in total. The summed E-state index contributed by atoms with van der Waals surface area (Å²) in [7, 11) is 0. The van der Waals surface area contributed by atoms with Crippen molar-refractivity contribution in [2.45, 2.75) is 33.3 Å². The van der Waals surface area contributed by atoms with Crippen molar-refractivity contribution in [1.29, 1.82) is 0 Å². The van der Waals surface area contributed by atoms with Gasteiger partial charge in [0.25, 0.3) is 0 Å². The van der Waals surface area contributed by atoms with Gasteiger partial charge in [0, 0.05) is 24.3 Å². The van der Waals surface area contributed by atoms with Gasteiger partial charge in [0.1, 0.15) is 5.82 Å².